The largest absolute Gasteiger partial charge is 0.305 e. The molecule has 0 radical (unpaired) electrons. The van der Waals surface area contributed by atoms with E-state index in [0.29, 0.717) is 16.5 Å². The predicted molar refractivity (Wildman–Crippen MR) is 152 cm³/mol. The molecule has 12 heteroatoms. The molecule has 7 nitrogen and oxygen atoms in total. The van der Waals surface area contributed by atoms with Gasteiger partial charge < -0.3 is 5.32 Å². The van der Waals surface area contributed by atoms with E-state index in [9.17, 15) is 13.2 Å². The molecule has 0 atom stereocenters. The number of thiophene rings is 1. The van der Waals surface area contributed by atoms with Crippen molar-refractivity contribution >= 4 is 72.9 Å². The average molecular weight is 592 g/mol. The van der Waals surface area contributed by atoms with Crippen molar-refractivity contribution < 1.29 is 17.6 Å². The van der Waals surface area contributed by atoms with Crippen LogP contribution in [0.2, 0.25) is 10.0 Å². The van der Waals surface area contributed by atoms with E-state index in [-0.39, 0.29) is 43.4 Å². The molecule has 2 aromatic heterocycles. The summed E-state index contributed by atoms with van der Waals surface area (Å²) in [5, 5.41) is 13.3. The lowest BCUT2D eigenvalue weighted by Gasteiger charge is -2.11. The minimum atomic E-state index is -3.99. The van der Waals surface area contributed by atoms with Crippen LogP contribution in [-0.4, -0.2) is 24.5 Å². The number of nitrogens with zero attached hydrogens (tertiary/aromatic N) is 1. The van der Waals surface area contributed by atoms with Gasteiger partial charge in [0.25, 0.3) is 15.9 Å². The number of hydrogen-bond donors (Lipinski definition) is 3. The first-order chi connectivity index (χ1) is 18.2. The molecule has 0 saturated heterocycles. The highest BCUT2D eigenvalue weighted by atomic mass is 35.5. The van der Waals surface area contributed by atoms with Gasteiger partial charge in [0.2, 0.25) is 0 Å². The quantitative estimate of drug-likeness (QED) is 0.187. The Kier molecular flexibility index (Phi) is 8.37. The Bertz CT molecular complexity index is 1700. The molecule has 38 heavy (non-hydrogen) atoms. The second-order valence-electron chi connectivity index (χ2n) is 7.62. The van der Waals surface area contributed by atoms with Crippen LogP contribution in [-0.2, 0) is 10.0 Å². The van der Waals surface area contributed by atoms with Crippen molar-refractivity contribution in [2.45, 2.75) is 18.7 Å². The number of benzene rings is 3. The van der Waals surface area contributed by atoms with E-state index in [1.54, 1.807) is 41.1 Å². The van der Waals surface area contributed by atoms with Gasteiger partial charge in [-0.05, 0) is 47.3 Å². The molecule has 0 bridgehead atoms. The number of aromatic amines is 1. The summed E-state index contributed by atoms with van der Waals surface area (Å²) in [5.41, 5.74) is 1.66. The van der Waals surface area contributed by atoms with E-state index in [4.69, 9.17) is 23.2 Å². The number of H-pyrrole nitrogens is 1. The van der Waals surface area contributed by atoms with Gasteiger partial charge in [0.05, 0.1) is 15.6 Å². The monoisotopic (exact) mass is 590 g/mol. The van der Waals surface area contributed by atoms with Gasteiger partial charge in [0, 0.05) is 22.0 Å². The van der Waals surface area contributed by atoms with Gasteiger partial charge in [-0.3, -0.25) is 14.6 Å². The van der Waals surface area contributed by atoms with Gasteiger partial charge in [0.15, 0.2) is 11.6 Å². The van der Waals surface area contributed by atoms with Crippen LogP contribution in [0.4, 0.5) is 15.9 Å². The van der Waals surface area contributed by atoms with Crippen LogP contribution in [0, 0.1) is 5.82 Å². The lowest BCUT2D eigenvalue weighted by atomic mass is 10.0. The summed E-state index contributed by atoms with van der Waals surface area (Å²) >= 11 is 13.4. The summed E-state index contributed by atoms with van der Waals surface area (Å²) in [6, 6.07) is 15.4. The highest BCUT2D eigenvalue weighted by molar-refractivity contribution is 7.92. The molecule has 1 amide bonds. The van der Waals surface area contributed by atoms with Crippen molar-refractivity contribution in [3.8, 4) is 11.1 Å². The van der Waals surface area contributed by atoms with Crippen LogP contribution in [0.15, 0.2) is 76.3 Å². The fraction of sp³-hybridized carbons (Fsp3) is 0.0769. The van der Waals surface area contributed by atoms with Gasteiger partial charge in [-0.1, -0.05) is 61.3 Å². The SMILES string of the molecule is CC.O=C(Nc1n[nH]c2c(F)c(-c3ccc(NS(=O)(=O)c4cccc(Cl)c4Cl)cc3)ccc12)c1ccsc1. The number of carbonyl (C=O) groups excluding carboxylic acids is 1. The predicted octanol–water partition coefficient (Wildman–Crippen LogP) is 7.82. The van der Waals surface area contributed by atoms with E-state index in [1.165, 1.54) is 41.7 Å². The first-order valence-electron chi connectivity index (χ1n) is 11.3. The maximum atomic E-state index is 15.3. The molecule has 0 spiro atoms. The van der Waals surface area contributed by atoms with Gasteiger partial charge in [-0.2, -0.15) is 16.4 Å². The molecule has 3 aromatic carbocycles. The minimum absolute atomic E-state index is 0.0795. The van der Waals surface area contributed by atoms with Crippen LogP contribution in [0.5, 0.6) is 0 Å². The zero-order valence-electron chi connectivity index (χ0n) is 20.1. The first-order valence-corrected chi connectivity index (χ1v) is 14.5. The number of hydrogen-bond acceptors (Lipinski definition) is 5. The number of carbonyl (C=O) groups is 1. The smallest absolute Gasteiger partial charge is 0.263 e. The van der Waals surface area contributed by atoms with Crippen molar-refractivity contribution in [1.82, 2.24) is 10.2 Å². The molecule has 0 aliphatic heterocycles. The second kappa shape index (κ2) is 11.5. The number of fused-ring (bicyclic) bond motifs is 1. The number of sulfonamides is 1. The summed E-state index contributed by atoms with van der Waals surface area (Å²) in [4.78, 5) is 12.2. The van der Waals surface area contributed by atoms with Gasteiger partial charge >= 0.3 is 0 Å². The van der Waals surface area contributed by atoms with Crippen LogP contribution in [0.1, 0.15) is 24.2 Å². The average Bonchev–Trinajstić information content (AvgIpc) is 3.59. The molecule has 196 valence electrons. The van der Waals surface area contributed by atoms with Crippen molar-refractivity contribution in [2.75, 3.05) is 10.0 Å². The Morgan fingerprint density at radius 1 is 1.03 bits per heavy atom. The summed E-state index contributed by atoms with van der Waals surface area (Å²) < 4.78 is 43.2. The van der Waals surface area contributed by atoms with Crippen molar-refractivity contribution in [2.24, 2.45) is 0 Å². The molecule has 0 aliphatic rings. The van der Waals surface area contributed by atoms with Crippen LogP contribution in [0.3, 0.4) is 0 Å². The van der Waals surface area contributed by atoms with Gasteiger partial charge in [-0.15, -0.1) is 0 Å². The molecular formula is C26H21Cl2FN4O3S2. The Balaban J connectivity index is 0.00000164. The van der Waals surface area contributed by atoms with E-state index >= 15 is 4.39 Å². The maximum absolute atomic E-state index is 15.3. The Hall–Kier alpha value is -3.44. The molecular weight excluding hydrogens is 570 g/mol. The lowest BCUT2D eigenvalue weighted by Crippen LogP contribution is -2.13. The van der Waals surface area contributed by atoms with Crippen LogP contribution >= 0.6 is 34.5 Å². The first kappa shape index (κ1) is 27.6. The molecule has 2 heterocycles. The molecule has 3 N–H and O–H groups in total. The Morgan fingerprint density at radius 2 is 1.76 bits per heavy atom. The zero-order chi connectivity index (χ0) is 27.4. The van der Waals surface area contributed by atoms with Gasteiger partial charge in [-0.25, -0.2) is 12.8 Å². The summed E-state index contributed by atoms with van der Waals surface area (Å²) in [6.45, 7) is 4.00. The normalized spacial score (nSPS) is 11.1. The summed E-state index contributed by atoms with van der Waals surface area (Å²) in [7, 11) is -3.99. The molecule has 5 aromatic rings. The standard InChI is InChI=1S/C24H15Cl2FN4O3S2.C2H6/c25-18-2-1-3-19(20(18)26)36(33,34)31-15-6-4-13(5-7-15)16-8-9-17-22(21(16)27)29-30-23(17)28-24(32)14-10-11-35-12-14;1-2/h1-12,31H,(H2,28,29,30,32);1-2H3. The van der Waals surface area contributed by atoms with Crippen molar-refractivity contribution in [3.05, 3.63) is 92.8 Å². The highest BCUT2D eigenvalue weighted by Crippen LogP contribution is 2.33. The number of rotatable bonds is 6. The third-order valence-corrected chi connectivity index (χ3v) is 8.38. The van der Waals surface area contributed by atoms with E-state index in [1.807, 2.05) is 13.8 Å². The number of aromatic nitrogens is 2. The molecule has 0 unspecified atom stereocenters. The third-order valence-electron chi connectivity index (χ3n) is 5.35. The highest BCUT2D eigenvalue weighted by Gasteiger charge is 2.20. The minimum Gasteiger partial charge on any atom is -0.305 e. The molecule has 0 fully saturated rings. The molecule has 5 rings (SSSR count). The lowest BCUT2D eigenvalue weighted by molar-refractivity contribution is 0.102. The van der Waals surface area contributed by atoms with E-state index in [0.717, 1.165) is 0 Å². The second-order valence-corrected chi connectivity index (χ2v) is 10.8. The van der Waals surface area contributed by atoms with Crippen LogP contribution in [0.25, 0.3) is 22.0 Å². The summed E-state index contributed by atoms with van der Waals surface area (Å²) in [5.74, 6) is -0.683. The molecule has 0 aliphatic carbocycles. The van der Waals surface area contributed by atoms with Crippen molar-refractivity contribution in [1.29, 1.82) is 0 Å². The van der Waals surface area contributed by atoms with Crippen molar-refractivity contribution in [3.63, 3.8) is 0 Å². The fourth-order valence-electron chi connectivity index (χ4n) is 3.57. The van der Waals surface area contributed by atoms with E-state index in [2.05, 4.69) is 20.2 Å². The third kappa shape index (κ3) is 5.53. The number of amides is 1. The number of nitrogens with one attached hydrogen (secondary N) is 3. The van der Waals surface area contributed by atoms with Crippen LogP contribution < -0.4 is 10.0 Å². The number of halogens is 3. The Morgan fingerprint density at radius 3 is 2.45 bits per heavy atom. The van der Waals surface area contributed by atoms with Gasteiger partial charge in [0.1, 0.15) is 10.4 Å². The number of anilines is 2. The topological polar surface area (TPSA) is 104 Å². The fourth-order valence-corrected chi connectivity index (χ4v) is 6.02. The molecule has 0 saturated carbocycles. The Labute approximate surface area is 232 Å². The summed E-state index contributed by atoms with van der Waals surface area (Å²) in [6.07, 6.45) is 0. The van der Waals surface area contributed by atoms with E-state index < -0.39 is 15.8 Å². The maximum Gasteiger partial charge on any atom is 0.263 e. The zero-order valence-corrected chi connectivity index (χ0v) is 23.2.